The Morgan fingerprint density at radius 2 is 1.64 bits per heavy atom. The maximum absolute atomic E-state index is 11.9. The molecule has 1 aliphatic heterocycles. The molecule has 0 aromatic heterocycles. The van der Waals surface area contributed by atoms with E-state index in [2.05, 4.69) is 5.32 Å². The number of amides is 1. The standard InChI is InChI=1S/C20H26N2O11/c1-10(23)21-17-19(31-13(4)26)18(30-12(3)25)16(9-29-11(2)24)33-20(17)32-15-8-6-5-7-14(15)22(27)28/h5-8,16-20,22,27H,9H2,1-4H3,(H,21,23)/t16-,17+,18-,19-,20-/m1/s1. The molecule has 1 amide bonds. The van der Waals surface area contributed by atoms with Crippen molar-refractivity contribution >= 4 is 29.5 Å². The van der Waals surface area contributed by atoms with Gasteiger partial charge in [-0.15, -0.1) is 0 Å². The van der Waals surface area contributed by atoms with E-state index in [0.717, 1.165) is 20.8 Å². The normalized spacial score (nSPS) is 25.3. The highest BCUT2D eigenvalue weighted by atomic mass is 16.8. The van der Waals surface area contributed by atoms with Crippen LogP contribution in [0.2, 0.25) is 0 Å². The van der Waals surface area contributed by atoms with Crippen molar-refractivity contribution in [2.24, 2.45) is 0 Å². The highest BCUT2D eigenvalue weighted by Crippen LogP contribution is 2.30. The van der Waals surface area contributed by atoms with Crippen molar-refractivity contribution in [1.29, 1.82) is 0 Å². The lowest BCUT2D eigenvalue weighted by Gasteiger charge is -2.44. The number of benzene rings is 1. The smallest absolute Gasteiger partial charge is 0.303 e. The number of carbonyl (C=O) groups is 4. The van der Waals surface area contributed by atoms with Gasteiger partial charge in [-0.2, -0.15) is 5.23 Å². The third-order valence-corrected chi connectivity index (χ3v) is 4.43. The summed E-state index contributed by atoms with van der Waals surface area (Å²) in [5, 5.41) is 22.3. The number of ether oxygens (including phenoxy) is 5. The molecule has 1 saturated heterocycles. The Bertz CT molecular complexity index is 875. The average Bonchev–Trinajstić information content (AvgIpc) is 2.70. The maximum atomic E-state index is 11.9. The highest BCUT2D eigenvalue weighted by molar-refractivity contribution is 5.73. The number of quaternary nitrogens is 1. The quantitative estimate of drug-likeness (QED) is 0.245. The number of nitrogens with one attached hydrogen (secondary N) is 2. The lowest BCUT2D eigenvalue weighted by Crippen LogP contribution is -2.99. The largest absolute Gasteiger partial charge is 0.595 e. The second kappa shape index (κ2) is 11.6. The third-order valence-electron chi connectivity index (χ3n) is 4.43. The Morgan fingerprint density at radius 3 is 2.18 bits per heavy atom. The lowest BCUT2D eigenvalue weighted by atomic mass is 9.96. The summed E-state index contributed by atoms with van der Waals surface area (Å²) >= 11 is 0. The van der Waals surface area contributed by atoms with Crippen LogP contribution in [0.1, 0.15) is 27.7 Å². The zero-order valence-corrected chi connectivity index (χ0v) is 18.4. The number of rotatable bonds is 8. The van der Waals surface area contributed by atoms with Crippen molar-refractivity contribution in [2.45, 2.75) is 58.3 Å². The van der Waals surface area contributed by atoms with Crippen molar-refractivity contribution in [3.8, 4) is 5.75 Å². The molecular formula is C20H26N2O11. The van der Waals surface area contributed by atoms with E-state index < -0.39 is 66.3 Å². The molecule has 0 aliphatic carbocycles. The van der Waals surface area contributed by atoms with Gasteiger partial charge < -0.3 is 34.2 Å². The molecule has 0 spiro atoms. The highest BCUT2D eigenvalue weighted by Gasteiger charge is 2.52. The van der Waals surface area contributed by atoms with Crippen molar-refractivity contribution in [1.82, 2.24) is 5.32 Å². The van der Waals surface area contributed by atoms with Crippen molar-refractivity contribution < 1.29 is 53.3 Å². The number of hydrogen-bond donors (Lipinski definition) is 3. The Morgan fingerprint density at radius 1 is 1.03 bits per heavy atom. The molecule has 1 fully saturated rings. The van der Waals surface area contributed by atoms with Gasteiger partial charge in [0, 0.05) is 33.8 Å². The molecule has 1 heterocycles. The van der Waals surface area contributed by atoms with Crippen LogP contribution >= 0.6 is 0 Å². The Balaban J connectivity index is 2.50. The summed E-state index contributed by atoms with van der Waals surface area (Å²) in [5.74, 6) is -2.80. The van der Waals surface area contributed by atoms with E-state index in [1.54, 1.807) is 0 Å². The fourth-order valence-electron chi connectivity index (χ4n) is 3.26. The molecule has 13 nitrogen and oxygen atoms in total. The second-order valence-electron chi connectivity index (χ2n) is 7.14. The second-order valence-corrected chi connectivity index (χ2v) is 7.14. The summed E-state index contributed by atoms with van der Waals surface area (Å²) in [7, 11) is 0. The number of carbonyl (C=O) groups excluding carboxylic acids is 4. The predicted octanol–water partition coefficient (Wildman–Crippen LogP) is -0.875. The summed E-state index contributed by atoms with van der Waals surface area (Å²) in [4.78, 5) is 46.8. The van der Waals surface area contributed by atoms with Crippen LogP contribution in [-0.2, 0) is 38.1 Å². The first-order valence-corrected chi connectivity index (χ1v) is 9.89. The molecule has 1 unspecified atom stereocenters. The number of hydrogen-bond acceptors (Lipinski definition) is 11. The van der Waals surface area contributed by atoms with Gasteiger partial charge in [0.05, 0.1) is 0 Å². The molecule has 33 heavy (non-hydrogen) atoms. The maximum Gasteiger partial charge on any atom is 0.303 e. The Hall–Kier alpha value is -3.26. The summed E-state index contributed by atoms with van der Waals surface area (Å²) < 4.78 is 27.2. The summed E-state index contributed by atoms with van der Waals surface area (Å²) in [6.07, 6.45) is -5.18. The van der Waals surface area contributed by atoms with E-state index in [1.165, 1.54) is 31.2 Å². The molecular weight excluding hydrogens is 444 g/mol. The Kier molecular flexibility index (Phi) is 9.11. The van der Waals surface area contributed by atoms with E-state index in [-0.39, 0.29) is 11.4 Å². The van der Waals surface area contributed by atoms with Gasteiger partial charge in [0.15, 0.2) is 18.0 Å². The van der Waals surface area contributed by atoms with Crippen molar-refractivity contribution in [2.75, 3.05) is 6.61 Å². The third kappa shape index (κ3) is 7.39. The van der Waals surface area contributed by atoms with E-state index in [1.807, 2.05) is 0 Å². The van der Waals surface area contributed by atoms with Gasteiger partial charge in [0.25, 0.3) is 0 Å². The van der Waals surface area contributed by atoms with Crippen LogP contribution in [0, 0.1) is 5.21 Å². The molecule has 3 N–H and O–H groups in total. The zero-order chi connectivity index (χ0) is 24.7. The minimum atomic E-state index is -1.41. The van der Waals surface area contributed by atoms with E-state index in [0.29, 0.717) is 0 Å². The monoisotopic (exact) mass is 470 g/mol. The topological polar surface area (TPSA) is 174 Å². The molecule has 0 bridgehead atoms. The summed E-state index contributed by atoms with van der Waals surface area (Å²) in [5.41, 5.74) is -0.189. The number of para-hydroxylation sites is 2. The van der Waals surface area contributed by atoms with Crippen LogP contribution in [0.5, 0.6) is 5.75 Å². The van der Waals surface area contributed by atoms with Gasteiger partial charge in [-0.3, -0.25) is 19.2 Å². The van der Waals surface area contributed by atoms with Crippen LogP contribution in [0.25, 0.3) is 0 Å². The summed E-state index contributed by atoms with van der Waals surface area (Å²) in [6.45, 7) is 4.18. The molecule has 1 aromatic rings. The van der Waals surface area contributed by atoms with Gasteiger partial charge >= 0.3 is 17.9 Å². The lowest BCUT2D eigenvalue weighted by molar-refractivity contribution is -0.991. The van der Waals surface area contributed by atoms with Crippen LogP contribution < -0.4 is 15.3 Å². The van der Waals surface area contributed by atoms with Gasteiger partial charge in [-0.05, 0) is 6.07 Å². The molecule has 0 saturated carbocycles. The Labute approximate surface area is 189 Å². The molecule has 2 rings (SSSR count). The van der Waals surface area contributed by atoms with Crippen LogP contribution in [0.4, 0.5) is 5.69 Å². The summed E-state index contributed by atoms with van der Waals surface area (Å²) in [6, 6.07) is 4.48. The molecule has 6 atom stereocenters. The minimum absolute atomic E-state index is 0.0934. The fraction of sp³-hybridized carbons (Fsp3) is 0.500. The molecule has 0 radical (unpaired) electrons. The average molecular weight is 470 g/mol. The van der Waals surface area contributed by atoms with Gasteiger partial charge in [0.2, 0.25) is 17.9 Å². The van der Waals surface area contributed by atoms with E-state index in [9.17, 15) is 29.6 Å². The molecule has 13 heteroatoms. The van der Waals surface area contributed by atoms with Gasteiger partial charge in [-0.25, -0.2) is 5.21 Å². The number of esters is 3. The van der Waals surface area contributed by atoms with Crippen molar-refractivity contribution in [3.05, 3.63) is 29.5 Å². The molecule has 182 valence electrons. The van der Waals surface area contributed by atoms with E-state index >= 15 is 0 Å². The first kappa shape index (κ1) is 26.0. The first-order valence-electron chi connectivity index (χ1n) is 9.89. The first-order chi connectivity index (χ1) is 15.5. The van der Waals surface area contributed by atoms with Crippen LogP contribution in [-0.4, -0.2) is 66.3 Å². The van der Waals surface area contributed by atoms with Crippen LogP contribution in [0.15, 0.2) is 24.3 Å². The molecule has 1 aromatic carbocycles. The zero-order valence-electron chi connectivity index (χ0n) is 18.4. The SMILES string of the molecule is CC(=O)N[C@@H]1[C@H](Oc2ccccc2[NH+]([O-])O)O[C@H](COC(C)=O)[C@@H](OC(C)=O)[C@@H]1OC(C)=O. The molecule has 1 aliphatic rings. The van der Waals surface area contributed by atoms with E-state index in [4.69, 9.17) is 23.7 Å². The minimum Gasteiger partial charge on any atom is -0.595 e. The fourth-order valence-corrected chi connectivity index (χ4v) is 3.26. The van der Waals surface area contributed by atoms with Gasteiger partial charge in [-0.1, -0.05) is 12.1 Å². The predicted molar refractivity (Wildman–Crippen MR) is 107 cm³/mol. The van der Waals surface area contributed by atoms with Crippen molar-refractivity contribution in [3.63, 3.8) is 0 Å². The van der Waals surface area contributed by atoms with Crippen LogP contribution in [0.3, 0.4) is 0 Å². The van der Waals surface area contributed by atoms with Gasteiger partial charge in [0.1, 0.15) is 18.8 Å².